The minimum Gasteiger partial charge on any atom is -0.206 e. The highest BCUT2D eigenvalue weighted by Crippen LogP contribution is 2.38. The minimum atomic E-state index is -1.53. The zero-order valence-electron chi connectivity index (χ0n) is 14.2. The van der Waals surface area contributed by atoms with Crippen LogP contribution in [0.2, 0.25) is 0 Å². The first kappa shape index (κ1) is 17.9. The number of benzene rings is 1. The fourth-order valence-corrected chi connectivity index (χ4v) is 3.83. The van der Waals surface area contributed by atoms with Crippen LogP contribution in [0.4, 0.5) is 17.6 Å². The van der Waals surface area contributed by atoms with Crippen molar-refractivity contribution >= 4 is 0 Å². The third kappa shape index (κ3) is 3.86. The van der Waals surface area contributed by atoms with Crippen molar-refractivity contribution < 1.29 is 17.6 Å². The maximum atomic E-state index is 14.5. The predicted molar refractivity (Wildman–Crippen MR) is 89.1 cm³/mol. The van der Waals surface area contributed by atoms with Gasteiger partial charge in [0.25, 0.3) is 5.95 Å². The Hall–Kier alpha value is -1.91. The van der Waals surface area contributed by atoms with Crippen molar-refractivity contribution in [2.24, 2.45) is 5.92 Å². The van der Waals surface area contributed by atoms with E-state index in [0.29, 0.717) is 12.0 Å². The summed E-state index contributed by atoms with van der Waals surface area (Å²) in [6, 6.07) is 5.22. The molecule has 1 aromatic heterocycles. The van der Waals surface area contributed by atoms with Crippen molar-refractivity contribution in [3.05, 3.63) is 53.4 Å². The third-order valence-corrected chi connectivity index (χ3v) is 5.19. The van der Waals surface area contributed by atoms with Crippen LogP contribution in [0.15, 0.2) is 24.3 Å². The van der Waals surface area contributed by atoms with E-state index >= 15 is 0 Å². The molecule has 1 nitrogen and oxygen atoms in total. The van der Waals surface area contributed by atoms with Gasteiger partial charge in [0.2, 0.25) is 5.95 Å². The van der Waals surface area contributed by atoms with Crippen molar-refractivity contribution in [3.63, 3.8) is 0 Å². The molecule has 1 heterocycles. The summed E-state index contributed by atoms with van der Waals surface area (Å²) >= 11 is 0. The fraction of sp³-hybridized carbons (Fsp3) is 0.450. The summed E-state index contributed by atoms with van der Waals surface area (Å²) in [7, 11) is 0. The van der Waals surface area contributed by atoms with E-state index < -0.39 is 23.5 Å². The molecule has 0 bridgehead atoms. The van der Waals surface area contributed by atoms with Crippen LogP contribution in [-0.2, 0) is 0 Å². The lowest BCUT2D eigenvalue weighted by Gasteiger charge is -2.28. The molecule has 0 spiro atoms. The van der Waals surface area contributed by atoms with Crippen LogP contribution in [0.5, 0.6) is 0 Å². The van der Waals surface area contributed by atoms with E-state index in [1.54, 1.807) is 6.07 Å². The largest absolute Gasteiger partial charge is 0.251 e. The standard InChI is InChI=1S/C20H21F4N/c1-2-3-12-4-6-13(7-5-12)14-8-9-15(17(21)10-14)16-11-18(22)20(24)25-19(16)23/h8-13H,2-7H2,1H3. The summed E-state index contributed by atoms with van der Waals surface area (Å²) in [5, 5.41) is 0. The smallest absolute Gasteiger partial charge is 0.206 e. The summed E-state index contributed by atoms with van der Waals surface area (Å²) in [5.41, 5.74) is 0.411. The van der Waals surface area contributed by atoms with Gasteiger partial charge in [-0.3, -0.25) is 0 Å². The van der Waals surface area contributed by atoms with Gasteiger partial charge in [0.15, 0.2) is 5.82 Å². The number of hydrogen-bond acceptors (Lipinski definition) is 1. The van der Waals surface area contributed by atoms with Crippen molar-refractivity contribution in [2.75, 3.05) is 0 Å². The Labute approximate surface area is 145 Å². The molecular weight excluding hydrogens is 330 g/mol. The van der Waals surface area contributed by atoms with Gasteiger partial charge in [0.1, 0.15) is 5.82 Å². The van der Waals surface area contributed by atoms with Gasteiger partial charge < -0.3 is 0 Å². The molecule has 0 atom stereocenters. The van der Waals surface area contributed by atoms with Crippen LogP contribution < -0.4 is 0 Å². The number of pyridine rings is 1. The van der Waals surface area contributed by atoms with Crippen LogP contribution in [0, 0.1) is 29.4 Å². The van der Waals surface area contributed by atoms with E-state index in [-0.39, 0.29) is 11.1 Å². The molecule has 25 heavy (non-hydrogen) atoms. The highest BCUT2D eigenvalue weighted by atomic mass is 19.2. The van der Waals surface area contributed by atoms with E-state index in [4.69, 9.17) is 0 Å². The molecule has 0 amide bonds. The zero-order chi connectivity index (χ0) is 18.0. The van der Waals surface area contributed by atoms with Gasteiger partial charge in [-0.25, -0.2) is 8.78 Å². The van der Waals surface area contributed by atoms with Crippen molar-refractivity contribution in [1.29, 1.82) is 0 Å². The normalized spacial score (nSPS) is 20.7. The number of aromatic nitrogens is 1. The van der Waals surface area contributed by atoms with Crippen molar-refractivity contribution in [2.45, 2.75) is 51.4 Å². The number of nitrogens with zero attached hydrogens (tertiary/aromatic N) is 1. The van der Waals surface area contributed by atoms with E-state index in [1.807, 2.05) is 0 Å². The van der Waals surface area contributed by atoms with Crippen molar-refractivity contribution in [3.8, 4) is 11.1 Å². The highest BCUT2D eigenvalue weighted by Gasteiger charge is 2.23. The first-order valence-corrected chi connectivity index (χ1v) is 8.81. The second-order valence-electron chi connectivity index (χ2n) is 6.84. The van der Waals surface area contributed by atoms with Crippen LogP contribution >= 0.6 is 0 Å². The molecule has 1 aliphatic rings. The summed E-state index contributed by atoms with van der Waals surface area (Å²) in [5.74, 6) is -3.63. The highest BCUT2D eigenvalue weighted by molar-refractivity contribution is 5.64. The van der Waals surface area contributed by atoms with E-state index in [0.717, 1.165) is 37.2 Å². The minimum absolute atomic E-state index is 0.104. The first-order valence-electron chi connectivity index (χ1n) is 8.81. The second-order valence-corrected chi connectivity index (χ2v) is 6.84. The van der Waals surface area contributed by atoms with E-state index in [2.05, 4.69) is 11.9 Å². The Morgan fingerprint density at radius 2 is 1.60 bits per heavy atom. The molecule has 0 unspecified atom stereocenters. The Kier molecular flexibility index (Phi) is 5.40. The van der Waals surface area contributed by atoms with Gasteiger partial charge in [-0.1, -0.05) is 31.9 Å². The summed E-state index contributed by atoms with van der Waals surface area (Å²) in [6.45, 7) is 2.19. The average Bonchev–Trinajstić information content (AvgIpc) is 2.59. The number of hydrogen-bond donors (Lipinski definition) is 0. The van der Waals surface area contributed by atoms with Crippen LogP contribution in [-0.4, -0.2) is 4.98 Å². The molecule has 0 N–H and O–H groups in total. The zero-order valence-corrected chi connectivity index (χ0v) is 14.2. The van der Waals surface area contributed by atoms with Crippen LogP contribution in [0.25, 0.3) is 11.1 Å². The molecule has 1 saturated carbocycles. The van der Waals surface area contributed by atoms with Gasteiger partial charge in [-0.2, -0.15) is 13.8 Å². The molecule has 3 rings (SSSR count). The molecule has 1 aromatic carbocycles. The molecular formula is C20H21F4N. The third-order valence-electron chi connectivity index (χ3n) is 5.19. The van der Waals surface area contributed by atoms with Crippen LogP contribution in [0.1, 0.15) is 56.9 Å². The predicted octanol–water partition coefficient (Wildman–Crippen LogP) is 6.38. The van der Waals surface area contributed by atoms with Gasteiger partial charge in [0.05, 0.1) is 0 Å². The Morgan fingerprint density at radius 3 is 2.24 bits per heavy atom. The maximum absolute atomic E-state index is 14.5. The molecule has 0 saturated heterocycles. The maximum Gasteiger partial charge on any atom is 0.251 e. The monoisotopic (exact) mass is 351 g/mol. The molecule has 134 valence electrons. The Bertz CT molecular complexity index is 752. The molecule has 5 heteroatoms. The van der Waals surface area contributed by atoms with Gasteiger partial charge >= 0.3 is 0 Å². The molecule has 1 aliphatic carbocycles. The molecule has 0 radical (unpaired) electrons. The van der Waals surface area contributed by atoms with Crippen molar-refractivity contribution in [1.82, 2.24) is 4.98 Å². The lowest BCUT2D eigenvalue weighted by atomic mass is 9.77. The summed E-state index contributed by atoms with van der Waals surface area (Å²) in [4.78, 5) is 2.85. The van der Waals surface area contributed by atoms with Gasteiger partial charge in [-0.05, 0) is 55.2 Å². The van der Waals surface area contributed by atoms with E-state index in [9.17, 15) is 17.6 Å². The van der Waals surface area contributed by atoms with Gasteiger partial charge in [-0.15, -0.1) is 0 Å². The number of rotatable bonds is 4. The lowest BCUT2D eigenvalue weighted by Crippen LogP contribution is -2.13. The summed E-state index contributed by atoms with van der Waals surface area (Å²) in [6.07, 6.45) is 6.75. The van der Waals surface area contributed by atoms with E-state index in [1.165, 1.54) is 25.0 Å². The molecule has 0 aliphatic heterocycles. The Balaban J connectivity index is 1.81. The lowest BCUT2D eigenvalue weighted by molar-refractivity contribution is 0.308. The van der Waals surface area contributed by atoms with Gasteiger partial charge in [0, 0.05) is 11.1 Å². The fourth-order valence-electron chi connectivity index (χ4n) is 3.83. The SMILES string of the molecule is CCCC1CCC(c2ccc(-c3cc(F)c(F)nc3F)c(F)c2)CC1. The summed E-state index contributed by atoms with van der Waals surface area (Å²) < 4.78 is 54.5. The molecule has 1 fully saturated rings. The Morgan fingerprint density at radius 1 is 0.880 bits per heavy atom. The topological polar surface area (TPSA) is 12.9 Å². The average molecular weight is 351 g/mol. The molecule has 2 aromatic rings. The quantitative estimate of drug-likeness (QED) is 0.460. The first-order chi connectivity index (χ1) is 12.0. The second kappa shape index (κ2) is 7.54. The van der Waals surface area contributed by atoms with Crippen LogP contribution in [0.3, 0.4) is 0 Å². The number of halogens is 4.